The standard InChI is InChI=1S/C15H13IN4OS/c1-2-18-14(21)20-15-19-12-7-10(6-11(16)13(12)22-15)9-4-3-5-17-8-9/h3-8H,2H2,1H3,(H2,18,19,20,21). The number of carbonyl (C=O) groups is 1. The molecule has 0 spiro atoms. The van der Waals surface area contributed by atoms with Crippen LogP contribution >= 0.6 is 33.9 Å². The van der Waals surface area contributed by atoms with E-state index in [1.165, 1.54) is 11.3 Å². The van der Waals surface area contributed by atoms with Gasteiger partial charge in [0, 0.05) is 28.1 Å². The van der Waals surface area contributed by atoms with Crippen molar-refractivity contribution in [3.05, 3.63) is 40.2 Å². The van der Waals surface area contributed by atoms with E-state index in [0.717, 1.165) is 24.9 Å². The van der Waals surface area contributed by atoms with Gasteiger partial charge in [-0.05, 0) is 53.3 Å². The smallest absolute Gasteiger partial charge is 0.321 e. The van der Waals surface area contributed by atoms with Gasteiger partial charge in [-0.1, -0.05) is 17.4 Å². The van der Waals surface area contributed by atoms with Crippen LogP contribution in [0.15, 0.2) is 36.7 Å². The lowest BCUT2D eigenvalue weighted by molar-refractivity contribution is 0.252. The van der Waals surface area contributed by atoms with Crippen LogP contribution < -0.4 is 10.6 Å². The maximum atomic E-state index is 11.6. The SMILES string of the molecule is CCNC(=O)Nc1nc2cc(-c3cccnc3)cc(I)c2s1. The van der Waals surface area contributed by atoms with Gasteiger partial charge in [0.05, 0.1) is 10.2 Å². The van der Waals surface area contributed by atoms with Gasteiger partial charge in [0.15, 0.2) is 5.13 Å². The highest BCUT2D eigenvalue weighted by Crippen LogP contribution is 2.34. The molecule has 2 aromatic heterocycles. The van der Waals surface area contributed by atoms with Crippen LogP contribution in [0.1, 0.15) is 6.92 Å². The molecule has 0 saturated heterocycles. The second-order valence-corrected chi connectivity index (χ2v) is 6.71. The fourth-order valence-electron chi connectivity index (χ4n) is 2.05. The second kappa shape index (κ2) is 6.57. The maximum absolute atomic E-state index is 11.6. The van der Waals surface area contributed by atoms with Gasteiger partial charge in [-0.15, -0.1) is 0 Å². The van der Waals surface area contributed by atoms with Crippen molar-refractivity contribution < 1.29 is 4.79 Å². The van der Waals surface area contributed by atoms with E-state index in [4.69, 9.17) is 0 Å². The molecule has 2 amide bonds. The van der Waals surface area contributed by atoms with Crippen LogP contribution in [-0.2, 0) is 0 Å². The maximum Gasteiger partial charge on any atom is 0.321 e. The average molecular weight is 424 g/mol. The summed E-state index contributed by atoms with van der Waals surface area (Å²) in [5.41, 5.74) is 3.00. The third-order valence-electron chi connectivity index (χ3n) is 3.00. The predicted octanol–water partition coefficient (Wildman–Crippen LogP) is 4.10. The lowest BCUT2D eigenvalue weighted by Gasteiger charge is -2.02. The molecule has 0 saturated carbocycles. The number of benzene rings is 1. The molecule has 7 heteroatoms. The number of pyridine rings is 1. The topological polar surface area (TPSA) is 66.9 Å². The first-order valence-corrected chi connectivity index (χ1v) is 8.62. The zero-order valence-corrected chi connectivity index (χ0v) is 14.7. The molecule has 0 radical (unpaired) electrons. The molecular formula is C15H13IN4OS. The van der Waals surface area contributed by atoms with Crippen molar-refractivity contribution in [1.82, 2.24) is 15.3 Å². The van der Waals surface area contributed by atoms with Crippen molar-refractivity contribution in [3.63, 3.8) is 0 Å². The first-order valence-electron chi connectivity index (χ1n) is 6.72. The number of thiazole rings is 1. The van der Waals surface area contributed by atoms with Crippen molar-refractivity contribution >= 4 is 55.3 Å². The summed E-state index contributed by atoms with van der Waals surface area (Å²) in [6.45, 7) is 2.46. The molecule has 0 aliphatic rings. The number of nitrogens with zero attached hydrogens (tertiary/aromatic N) is 2. The Morgan fingerprint density at radius 2 is 2.23 bits per heavy atom. The quantitative estimate of drug-likeness (QED) is 0.623. The number of urea groups is 1. The average Bonchev–Trinajstić information content (AvgIpc) is 2.91. The minimum atomic E-state index is -0.232. The fourth-order valence-corrected chi connectivity index (χ4v) is 3.84. The van der Waals surface area contributed by atoms with Crippen molar-refractivity contribution in [3.8, 4) is 11.1 Å². The van der Waals surface area contributed by atoms with Gasteiger partial charge in [0.1, 0.15) is 0 Å². The van der Waals surface area contributed by atoms with Crippen LogP contribution in [0.3, 0.4) is 0 Å². The molecule has 0 aliphatic heterocycles. The molecule has 0 fully saturated rings. The number of anilines is 1. The molecule has 3 aromatic rings. The number of hydrogen-bond donors (Lipinski definition) is 2. The van der Waals surface area contributed by atoms with Crippen LogP contribution in [0.2, 0.25) is 0 Å². The molecule has 0 bridgehead atoms. The lowest BCUT2D eigenvalue weighted by atomic mass is 10.1. The molecule has 1 aromatic carbocycles. The van der Waals surface area contributed by atoms with E-state index in [-0.39, 0.29) is 6.03 Å². The van der Waals surface area contributed by atoms with Crippen LogP contribution in [0.5, 0.6) is 0 Å². The summed E-state index contributed by atoms with van der Waals surface area (Å²) >= 11 is 3.77. The van der Waals surface area contributed by atoms with E-state index in [1.54, 1.807) is 6.20 Å². The van der Waals surface area contributed by atoms with E-state index in [0.29, 0.717) is 11.7 Å². The van der Waals surface area contributed by atoms with E-state index in [9.17, 15) is 4.79 Å². The van der Waals surface area contributed by atoms with E-state index in [1.807, 2.05) is 31.3 Å². The Kier molecular flexibility index (Phi) is 4.53. The third-order valence-corrected chi connectivity index (χ3v) is 5.23. The zero-order chi connectivity index (χ0) is 15.5. The summed E-state index contributed by atoms with van der Waals surface area (Å²) in [6, 6.07) is 7.83. The normalized spacial score (nSPS) is 10.6. The molecule has 112 valence electrons. The predicted molar refractivity (Wildman–Crippen MR) is 98.3 cm³/mol. The Morgan fingerprint density at radius 1 is 1.36 bits per heavy atom. The molecule has 0 atom stereocenters. The molecule has 0 aliphatic carbocycles. The Hall–Kier alpha value is -1.74. The Morgan fingerprint density at radius 3 is 2.95 bits per heavy atom. The molecule has 2 N–H and O–H groups in total. The summed E-state index contributed by atoms with van der Waals surface area (Å²) in [5.74, 6) is 0. The minimum absolute atomic E-state index is 0.232. The van der Waals surface area contributed by atoms with Crippen molar-refractivity contribution in [1.29, 1.82) is 0 Å². The summed E-state index contributed by atoms with van der Waals surface area (Å²) in [7, 11) is 0. The van der Waals surface area contributed by atoms with Gasteiger partial charge >= 0.3 is 6.03 Å². The summed E-state index contributed by atoms with van der Waals surface area (Å²) in [4.78, 5) is 20.3. The first-order chi connectivity index (χ1) is 10.7. The summed E-state index contributed by atoms with van der Waals surface area (Å²) in [6.07, 6.45) is 3.58. The van der Waals surface area contributed by atoms with Crippen LogP contribution in [0, 0.1) is 3.57 Å². The summed E-state index contributed by atoms with van der Waals surface area (Å²) < 4.78 is 2.18. The van der Waals surface area contributed by atoms with Crippen LogP contribution in [0.4, 0.5) is 9.93 Å². The molecular weight excluding hydrogens is 411 g/mol. The third kappa shape index (κ3) is 3.20. The van der Waals surface area contributed by atoms with Crippen LogP contribution in [-0.4, -0.2) is 22.5 Å². The van der Waals surface area contributed by atoms with E-state index < -0.39 is 0 Å². The second-order valence-electron chi connectivity index (χ2n) is 4.55. The van der Waals surface area contributed by atoms with E-state index in [2.05, 4.69) is 49.3 Å². The van der Waals surface area contributed by atoms with Crippen molar-refractivity contribution in [2.24, 2.45) is 0 Å². The molecule has 22 heavy (non-hydrogen) atoms. The van der Waals surface area contributed by atoms with Gasteiger partial charge < -0.3 is 5.32 Å². The molecule has 3 rings (SSSR count). The Bertz CT molecular complexity index is 819. The van der Waals surface area contributed by atoms with Crippen molar-refractivity contribution in [2.45, 2.75) is 6.92 Å². The van der Waals surface area contributed by atoms with Gasteiger partial charge in [0.2, 0.25) is 0 Å². The Labute approximate surface area is 145 Å². The zero-order valence-electron chi connectivity index (χ0n) is 11.8. The van der Waals surface area contributed by atoms with Gasteiger partial charge in [-0.2, -0.15) is 0 Å². The fraction of sp³-hybridized carbons (Fsp3) is 0.133. The highest BCUT2D eigenvalue weighted by atomic mass is 127. The Balaban J connectivity index is 1.98. The molecule has 5 nitrogen and oxygen atoms in total. The lowest BCUT2D eigenvalue weighted by Crippen LogP contribution is -2.28. The number of hydrogen-bond acceptors (Lipinski definition) is 4. The largest absolute Gasteiger partial charge is 0.338 e. The van der Waals surface area contributed by atoms with Gasteiger partial charge in [-0.25, -0.2) is 9.78 Å². The highest BCUT2D eigenvalue weighted by molar-refractivity contribution is 14.1. The van der Waals surface area contributed by atoms with Crippen molar-refractivity contribution in [2.75, 3.05) is 11.9 Å². The molecule has 2 heterocycles. The monoisotopic (exact) mass is 424 g/mol. The number of halogens is 1. The van der Waals surface area contributed by atoms with Crippen LogP contribution in [0.25, 0.3) is 21.3 Å². The number of fused-ring (bicyclic) bond motifs is 1. The number of rotatable bonds is 3. The molecule has 0 unspecified atom stereocenters. The number of nitrogens with one attached hydrogen (secondary N) is 2. The minimum Gasteiger partial charge on any atom is -0.338 e. The highest BCUT2D eigenvalue weighted by Gasteiger charge is 2.11. The van der Waals surface area contributed by atoms with E-state index >= 15 is 0 Å². The number of aromatic nitrogens is 2. The number of carbonyl (C=O) groups excluding carboxylic acids is 1. The summed E-state index contributed by atoms with van der Waals surface area (Å²) in [5, 5.41) is 6.06. The number of amides is 2. The first kappa shape index (κ1) is 15.2. The van der Waals surface area contributed by atoms with Gasteiger partial charge in [0.25, 0.3) is 0 Å². The van der Waals surface area contributed by atoms with Gasteiger partial charge in [-0.3, -0.25) is 10.3 Å².